The van der Waals surface area contributed by atoms with Crippen molar-refractivity contribution >= 4 is 35.0 Å². The number of thiazole rings is 1. The van der Waals surface area contributed by atoms with E-state index in [1.165, 1.54) is 23.1 Å². The molecule has 1 aliphatic rings. The monoisotopic (exact) mass is 358 g/mol. The highest BCUT2D eigenvalue weighted by atomic mass is 32.2. The van der Waals surface area contributed by atoms with Gasteiger partial charge in [0, 0.05) is 18.5 Å². The number of rotatable bonds is 8. The minimum absolute atomic E-state index is 0.0207. The van der Waals surface area contributed by atoms with Gasteiger partial charge in [0.2, 0.25) is 5.91 Å². The number of nitrogens with one attached hydrogen (secondary N) is 1. The molecule has 0 radical (unpaired) electrons. The molecule has 6 nitrogen and oxygen atoms in total. The molecule has 2 atom stereocenters. The average Bonchev–Trinajstić information content (AvgIpc) is 3.17. The van der Waals surface area contributed by atoms with Crippen LogP contribution in [0.15, 0.2) is 9.72 Å². The Morgan fingerprint density at radius 2 is 2.43 bits per heavy atom. The Balaban J connectivity index is 1.75. The number of aromatic nitrogens is 1. The van der Waals surface area contributed by atoms with Gasteiger partial charge in [-0.2, -0.15) is 0 Å². The first-order chi connectivity index (χ1) is 11.1. The van der Waals surface area contributed by atoms with E-state index >= 15 is 0 Å². The summed E-state index contributed by atoms with van der Waals surface area (Å²) >= 11 is 2.84. The zero-order valence-electron chi connectivity index (χ0n) is 13.4. The van der Waals surface area contributed by atoms with Gasteiger partial charge in [0.1, 0.15) is 0 Å². The molecule has 1 N–H and O–H groups in total. The average molecular weight is 358 g/mol. The zero-order chi connectivity index (χ0) is 16.7. The fourth-order valence-electron chi connectivity index (χ4n) is 2.15. The second-order valence-corrected chi connectivity index (χ2v) is 7.67. The molecule has 0 aromatic carbocycles. The Bertz CT molecular complexity index is 529. The molecule has 23 heavy (non-hydrogen) atoms. The third-order valence-corrected chi connectivity index (χ3v) is 5.46. The Labute approximate surface area is 144 Å². The number of ether oxygens (including phenoxy) is 2. The molecule has 128 valence electrons. The van der Waals surface area contributed by atoms with E-state index in [-0.39, 0.29) is 29.7 Å². The Hall–Kier alpha value is -1.12. The zero-order valence-corrected chi connectivity index (χ0v) is 15.0. The molecule has 1 aliphatic heterocycles. The summed E-state index contributed by atoms with van der Waals surface area (Å²) in [4.78, 5) is 27.9. The number of carbonyl (C=O) groups excluding carboxylic acids is 2. The molecule has 8 heteroatoms. The quantitative estimate of drug-likeness (QED) is 0.566. The summed E-state index contributed by atoms with van der Waals surface area (Å²) in [5, 5.41) is 4.51. The molecule has 2 heterocycles. The minimum Gasteiger partial charge on any atom is -0.466 e. The highest BCUT2D eigenvalue weighted by Crippen LogP contribution is 2.27. The van der Waals surface area contributed by atoms with Crippen molar-refractivity contribution in [1.82, 2.24) is 10.3 Å². The van der Waals surface area contributed by atoms with Crippen LogP contribution in [0.2, 0.25) is 0 Å². The summed E-state index contributed by atoms with van der Waals surface area (Å²) in [6.45, 7) is 5.34. The van der Waals surface area contributed by atoms with Crippen LogP contribution in [0.5, 0.6) is 0 Å². The van der Waals surface area contributed by atoms with E-state index in [0.717, 1.165) is 23.8 Å². The lowest BCUT2D eigenvalue weighted by molar-refractivity contribution is -0.142. The third-order valence-electron chi connectivity index (χ3n) is 3.34. The molecular weight excluding hydrogens is 336 g/mol. The summed E-state index contributed by atoms with van der Waals surface area (Å²) in [5.41, 5.74) is 0.683. The van der Waals surface area contributed by atoms with Crippen molar-refractivity contribution in [2.75, 3.05) is 19.8 Å². The SMILES string of the molecule is CCOC(=O)Cc1csc(SC(C)C(=O)NCC2CCCO2)n1. The van der Waals surface area contributed by atoms with E-state index in [1.54, 1.807) is 6.92 Å². The maximum Gasteiger partial charge on any atom is 0.311 e. The number of amides is 1. The van der Waals surface area contributed by atoms with Crippen molar-refractivity contribution in [1.29, 1.82) is 0 Å². The predicted octanol–water partition coefficient (Wildman–Crippen LogP) is 2.02. The van der Waals surface area contributed by atoms with Crippen LogP contribution in [-0.2, 0) is 25.5 Å². The van der Waals surface area contributed by atoms with Gasteiger partial charge in [-0.25, -0.2) is 4.98 Å². The lowest BCUT2D eigenvalue weighted by atomic mass is 10.2. The van der Waals surface area contributed by atoms with E-state index in [4.69, 9.17) is 9.47 Å². The van der Waals surface area contributed by atoms with Crippen LogP contribution in [0.4, 0.5) is 0 Å². The molecule has 1 saturated heterocycles. The second kappa shape index (κ2) is 9.24. The fraction of sp³-hybridized carbons (Fsp3) is 0.667. The van der Waals surface area contributed by atoms with Crippen molar-refractivity contribution in [3.63, 3.8) is 0 Å². The number of thioether (sulfide) groups is 1. The maximum absolute atomic E-state index is 12.1. The number of nitrogens with zero attached hydrogens (tertiary/aromatic N) is 1. The van der Waals surface area contributed by atoms with Gasteiger partial charge >= 0.3 is 5.97 Å². The highest BCUT2D eigenvalue weighted by molar-refractivity contribution is 8.02. The van der Waals surface area contributed by atoms with Crippen molar-refractivity contribution in [2.45, 2.75) is 48.8 Å². The van der Waals surface area contributed by atoms with Gasteiger partial charge in [-0.05, 0) is 26.7 Å². The molecule has 0 spiro atoms. The molecule has 0 saturated carbocycles. The number of hydrogen-bond acceptors (Lipinski definition) is 7. The van der Waals surface area contributed by atoms with E-state index in [0.29, 0.717) is 18.8 Å². The van der Waals surface area contributed by atoms with Gasteiger partial charge in [0.25, 0.3) is 0 Å². The summed E-state index contributed by atoms with van der Waals surface area (Å²) in [6, 6.07) is 0. The molecular formula is C15H22N2O4S2. The van der Waals surface area contributed by atoms with Crippen molar-refractivity contribution in [2.24, 2.45) is 0 Å². The molecule has 1 aromatic rings. The first-order valence-electron chi connectivity index (χ1n) is 7.74. The first kappa shape index (κ1) is 18.2. The van der Waals surface area contributed by atoms with Gasteiger partial charge in [0.05, 0.1) is 30.1 Å². The van der Waals surface area contributed by atoms with E-state index < -0.39 is 0 Å². The van der Waals surface area contributed by atoms with Gasteiger partial charge in [-0.3, -0.25) is 9.59 Å². The Morgan fingerprint density at radius 1 is 1.61 bits per heavy atom. The van der Waals surface area contributed by atoms with Crippen LogP contribution in [0, 0.1) is 0 Å². The van der Waals surface area contributed by atoms with E-state index in [2.05, 4.69) is 10.3 Å². The lowest BCUT2D eigenvalue weighted by Crippen LogP contribution is -2.36. The second-order valence-electron chi connectivity index (χ2n) is 5.23. The van der Waals surface area contributed by atoms with E-state index in [1.807, 2.05) is 12.3 Å². The predicted molar refractivity (Wildman–Crippen MR) is 89.8 cm³/mol. The molecule has 1 fully saturated rings. The summed E-state index contributed by atoms with van der Waals surface area (Å²) < 4.78 is 11.2. The van der Waals surface area contributed by atoms with Crippen LogP contribution >= 0.6 is 23.1 Å². The van der Waals surface area contributed by atoms with Gasteiger partial charge in [-0.15, -0.1) is 11.3 Å². The van der Waals surface area contributed by atoms with E-state index in [9.17, 15) is 9.59 Å². The molecule has 0 bridgehead atoms. The van der Waals surface area contributed by atoms with Crippen molar-refractivity contribution in [3.8, 4) is 0 Å². The van der Waals surface area contributed by atoms with Crippen molar-refractivity contribution in [3.05, 3.63) is 11.1 Å². The standard InChI is InChI=1S/C15H22N2O4S2/c1-3-20-13(18)7-11-9-22-15(17-11)23-10(2)14(19)16-8-12-5-4-6-21-12/h9-10,12H,3-8H2,1-2H3,(H,16,19). The molecule has 2 rings (SSSR count). The van der Waals surface area contributed by atoms with Gasteiger partial charge in [0.15, 0.2) is 4.34 Å². The number of carbonyl (C=O) groups is 2. The number of esters is 1. The van der Waals surface area contributed by atoms with Crippen LogP contribution in [-0.4, -0.2) is 48.0 Å². The van der Waals surface area contributed by atoms with Crippen LogP contribution in [0.3, 0.4) is 0 Å². The lowest BCUT2D eigenvalue weighted by Gasteiger charge is -2.13. The van der Waals surface area contributed by atoms with Crippen molar-refractivity contribution < 1.29 is 19.1 Å². The summed E-state index contributed by atoms with van der Waals surface area (Å²) in [5.74, 6) is -0.302. The molecule has 2 unspecified atom stereocenters. The van der Waals surface area contributed by atoms with Crippen LogP contribution in [0.25, 0.3) is 0 Å². The van der Waals surface area contributed by atoms with Gasteiger partial charge < -0.3 is 14.8 Å². The molecule has 1 aromatic heterocycles. The molecule has 0 aliphatic carbocycles. The summed E-state index contributed by atoms with van der Waals surface area (Å²) in [7, 11) is 0. The normalized spacial score (nSPS) is 18.6. The number of hydrogen-bond donors (Lipinski definition) is 1. The maximum atomic E-state index is 12.1. The minimum atomic E-state index is -0.281. The Kier molecular flexibility index (Phi) is 7.32. The Morgan fingerprint density at radius 3 is 3.13 bits per heavy atom. The van der Waals surface area contributed by atoms with Crippen LogP contribution in [0.1, 0.15) is 32.4 Å². The first-order valence-corrected chi connectivity index (χ1v) is 9.50. The van der Waals surface area contributed by atoms with Crippen LogP contribution < -0.4 is 5.32 Å². The third kappa shape index (κ3) is 6.12. The largest absolute Gasteiger partial charge is 0.466 e. The smallest absolute Gasteiger partial charge is 0.311 e. The fourth-order valence-corrected chi connectivity index (χ4v) is 4.16. The topological polar surface area (TPSA) is 77.5 Å². The van der Waals surface area contributed by atoms with Gasteiger partial charge in [-0.1, -0.05) is 11.8 Å². The highest BCUT2D eigenvalue weighted by Gasteiger charge is 2.20. The molecule has 1 amide bonds. The summed E-state index contributed by atoms with van der Waals surface area (Å²) in [6.07, 6.45) is 2.38.